The average Bonchev–Trinajstić information content (AvgIpc) is 2.75. The smallest absolute Gasteiger partial charge is 0.262 e. The van der Waals surface area contributed by atoms with Crippen molar-refractivity contribution in [3.05, 3.63) is 53.8 Å². The molecule has 0 aliphatic carbocycles. The van der Waals surface area contributed by atoms with E-state index in [0.29, 0.717) is 5.69 Å². The van der Waals surface area contributed by atoms with Gasteiger partial charge in [0.2, 0.25) is 5.91 Å². The quantitative estimate of drug-likeness (QED) is 0.929. The van der Waals surface area contributed by atoms with Crippen molar-refractivity contribution in [3.63, 3.8) is 0 Å². The van der Waals surface area contributed by atoms with Crippen LogP contribution in [0.4, 0.5) is 15.8 Å². The first-order valence-corrected chi connectivity index (χ1v) is 7.90. The standard InChI is InChI=1S/C19H19FN2O3/c1-19(2)13-10-12(8-9-15(13)22(3)18(19)24)21-17(23)11-25-16-7-5-4-6-14(16)20/h4-10H,11H2,1-3H3,(H,21,23). The number of fused-ring (bicyclic) bond motifs is 1. The number of carbonyl (C=O) groups is 2. The highest BCUT2D eigenvalue weighted by Crippen LogP contribution is 2.41. The van der Waals surface area contributed by atoms with Gasteiger partial charge in [0.25, 0.3) is 5.91 Å². The molecule has 0 fully saturated rings. The number of anilines is 2. The van der Waals surface area contributed by atoms with Crippen molar-refractivity contribution in [2.45, 2.75) is 19.3 Å². The number of nitrogens with zero attached hydrogens (tertiary/aromatic N) is 1. The van der Waals surface area contributed by atoms with Crippen LogP contribution in [0.25, 0.3) is 0 Å². The van der Waals surface area contributed by atoms with Crippen molar-refractivity contribution < 1.29 is 18.7 Å². The second-order valence-corrected chi connectivity index (χ2v) is 6.49. The van der Waals surface area contributed by atoms with Crippen molar-refractivity contribution in [2.75, 3.05) is 23.9 Å². The van der Waals surface area contributed by atoms with Gasteiger partial charge in [-0.25, -0.2) is 4.39 Å². The first-order chi connectivity index (χ1) is 11.8. The highest BCUT2D eigenvalue weighted by Gasteiger charge is 2.42. The van der Waals surface area contributed by atoms with Crippen LogP contribution in [0.1, 0.15) is 19.4 Å². The van der Waals surface area contributed by atoms with Gasteiger partial charge in [-0.15, -0.1) is 0 Å². The number of hydrogen-bond donors (Lipinski definition) is 1. The zero-order valence-electron chi connectivity index (χ0n) is 14.3. The van der Waals surface area contributed by atoms with Gasteiger partial charge in [0.1, 0.15) is 0 Å². The van der Waals surface area contributed by atoms with Gasteiger partial charge >= 0.3 is 0 Å². The third kappa shape index (κ3) is 3.07. The lowest BCUT2D eigenvalue weighted by Crippen LogP contribution is -2.33. The number of hydrogen-bond acceptors (Lipinski definition) is 3. The molecule has 25 heavy (non-hydrogen) atoms. The van der Waals surface area contributed by atoms with Crippen LogP contribution < -0.4 is 15.0 Å². The Labute approximate surface area is 145 Å². The number of likely N-dealkylation sites (N-methyl/N-ethyl adjacent to an activating group) is 1. The number of para-hydroxylation sites is 1. The SMILES string of the molecule is CN1C(=O)C(C)(C)c2cc(NC(=O)COc3ccccc3F)ccc21. The molecule has 0 spiro atoms. The Morgan fingerprint density at radius 1 is 1.24 bits per heavy atom. The number of benzene rings is 2. The lowest BCUT2D eigenvalue weighted by Gasteiger charge is -2.17. The third-order valence-corrected chi connectivity index (χ3v) is 4.35. The summed E-state index contributed by atoms with van der Waals surface area (Å²) in [5.74, 6) is -0.886. The zero-order valence-corrected chi connectivity index (χ0v) is 14.3. The lowest BCUT2D eigenvalue weighted by molar-refractivity contribution is -0.121. The van der Waals surface area contributed by atoms with Crippen molar-refractivity contribution >= 4 is 23.2 Å². The highest BCUT2D eigenvalue weighted by atomic mass is 19.1. The summed E-state index contributed by atoms with van der Waals surface area (Å²) in [7, 11) is 1.73. The molecule has 2 aromatic carbocycles. The van der Waals surface area contributed by atoms with Gasteiger partial charge in [-0.3, -0.25) is 9.59 Å². The van der Waals surface area contributed by atoms with Gasteiger partial charge in [0.15, 0.2) is 18.2 Å². The van der Waals surface area contributed by atoms with E-state index in [4.69, 9.17) is 4.74 Å². The molecule has 0 radical (unpaired) electrons. The average molecular weight is 342 g/mol. The number of amides is 2. The summed E-state index contributed by atoms with van der Waals surface area (Å²) in [6.07, 6.45) is 0. The molecule has 2 aromatic rings. The van der Waals surface area contributed by atoms with Gasteiger partial charge in [0, 0.05) is 18.4 Å². The van der Waals surface area contributed by atoms with Crippen LogP contribution in [-0.4, -0.2) is 25.5 Å². The molecule has 3 rings (SSSR count). The predicted molar refractivity (Wildman–Crippen MR) is 93.4 cm³/mol. The molecular formula is C19H19FN2O3. The van der Waals surface area contributed by atoms with E-state index in [-0.39, 0.29) is 18.3 Å². The molecule has 5 nitrogen and oxygen atoms in total. The zero-order chi connectivity index (χ0) is 18.2. The number of rotatable bonds is 4. The molecule has 1 aliphatic rings. The van der Waals surface area contributed by atoms with Gasteiger partial charge in [-0.2, -0.15) is 0 Å². The van der Waals surface area contributed by atoms with Crippen LogP contribution in [0.2, 0.25) is 0 Å². The van der Waals surface area contributed by atoms with E-state index in [1.807, 2.05) is 13.8 Å². The molecule has 0 atom stereocenters. The number of halogens is 1. The van der Waals surface area contributed by atoms with Crippen LogP contribution in [-0.2, 0) is 15.0 Å². The molecule has 0 saturated carbocycles. The Kier molecular flexibility index (Phi) is 4.20. The van der Waals surface area contributed by atoms with E-state index in [2.05, 4.69) is 5.32 Å². The van der Waals surface area contributed by atoms with Crippen molar-refractivity contribution in [1.82, 2.24) is 0 Å². The van der Waals surface area contributed by atoms with E-state index in [9.17, 15) is 14.0 Å². The van der Waals surface area contributed by atoms with Crippen molar-refractivity contribution in [1.29, 1.82) is 0 Å². The molecule has 0 aromatic heterocycles. The Bertz CT molecular complexity index is 848. The van der Waals surface area contributed by atoms with Gasteiger partial charge in [0.05, 0.1) is 5.41 Å². The Hall–Kier alpha value is -2.89. The molecule has 1 N–H and O–H groups in total. The van der Waals surface area contributed by atoms with Crippen LogP contribution in [0.15, 0.2) is 42.5 Å². The molecule has 0 bridgehead atoms. The maximum Gasteiger partial charge on any atom is 0.262 e. The van der Waals surface area contributed by atoms with E-state index in [1.165, 1.54) is 12.1 Å². The summed E-state index contributed by atoms with van der Waals surface area (Å²) >= 11 is 0. The molecular weight excluding hydrogens is 323 g/mol. The van der Waals surface area contributed by atoms with Crippen molar-refractivity contribution in [2.24, 2.45) is 0 Å². The minimum atomic E-state index is -0.644. The molecule has 2 amide bonds. The van der Waals surface area contributed by atoms with Crippen LogP contribution in [0, 0.1) is 5.82 Å². The monoisotopic (exact) mass is 342 g/mol. The maximum atomic E-state index is 13.5. The molecule has 130 valence electrons. The first kappa shape index (κ1) is 17.0. The number of nitrogens with one attached hydrogen (secondary N) is 1. The fourth-order valence-electron chi connectivity index (χ4n) is 2.95. The first-order valence-electron chi connectivity index (χ1n) is 7.90. The lowest BCUT2D eigenvalue weighted by atomic mass is 9.86. The fraction of sp³-hybridized carbons (Fsp3) is 0.263. The molecule has 1 aliphatic heterocycles. The van der Waals surface area contributed by atoms with Crippen LogP contribution >= 0.6 is 0 Å². The summed E-state index contributed by atoms with van der Waals surface area (Å²) in [5, 5.41) is 2.71. The van der Waals surface area contributed by atoms with E-state index in [1.54, 1.807) is 42.3 Å². The second kappa shape index (κ2) is 6.20. The minimum absolute atomic E-state index is 0.00821. The number of ether oxygens (including phenoxy) is 1. The van der Waals surface area contributed by atoms with E-state index >= 15 is 0 Å². The largest absolute Gasteiger partial charge is 0.481 e. The molecule has 0 unspecified atom stereocenters. The summed E-state index contributed by atoms with van der Waals surface area (Å²) < 4.78 is 18.7. The third-order valence-electron chi connectivity index (χ3n) is 4.35. The molecule has 0 saturated heterocycles. The van der Waals surface area contributed by atoms with Crippen LogP contribution in [0.3, 0.4) is 0 Å². The second-order valence-electron chi connectivity index (χ2n) is 6.49. The fourth-order valence-corrected chi connectivity index (χ4v) is 2.95. The normalized spacial score (nSPS) is 15.0. The summed E-state index contributed by atoms with van der Waals surface area (Å²) in [4.78, 5) is 26.0. The summed E-state index contributed by atoms with van der Waals surface area (Å²) in [6, 6.07) is 11.2. The summed E-state index contributed by atoms with van der Waals surface area (Å²) in [5.41, 5.74) is 1.61. The topological polar surface area (TPSA) is 58.6 Å². The Morgan fingerprint density at radius 2 is 1.96 bits per heavy atom. The highest BCUT2D eigenvalue weighted by molar-refractivity contribution is 6.07. The van der Waals surface area contributed by atoms with Crippen LogP contribution in [0.5, 0.6) is 5.75 Å². The van der Waals surface area contributed by atoms with E-state index < -0.39 is 17.1 Å². The maximum absolute atomic E-state index is 13.5. The molecule has 6 heteroatoms. The minimum Gasteiger partial charge on any atom is -0.481 e. The number of carbonyl (C=O) groups excluding carboxylic acids is 2. The van der Waals surface area contributed by atoms with Crippen molar-refractivity contribution in [3.8, 4) is 5.75 Å². The van der Waals surface area contributed by atoms with Gasteiger partial charge in [-0.05, 0) is 49.7 Å². The Balaban J connectivity index is 1.70. The predicted octanol–water partition coefficient (Wildman–Crippen LogP) is 3.10. The molecule has 1 heterocycles. The Morgan fingerprint density at radius 3 is 2.68 bits per heavy atom. The van der Waals surface area contributed by atoms with E-state index in [0.717, 1.165) is 11.3 Å². The van der Waals surface area contributed by atoms with Gasteiger partial charge < -0.3 is 15.0 Å². The van der Waals surface area contributed by atoms with Gasteiger partial charge in [-0.1, -0.05) is 12.1 Å². The summed E-state index contributed by atoms with van der Waals surface area (Å²) in [6.45, 7) is 3.40.